The number of para-hydroxylation sites is 1. The van der Waals surface area contributed by atoms with Gasteiger partial charge in [-0.2, -0.15) is 0 Å². The molecule has 0 aliphatic heterocycles. The Morgan fingerprint density at radius 2 is 1.84 bits per heavy atom. The highest BCUT2D eigenvalue weighted by Gasteiger charge is 2.21. The summed E-state index contributed by atoms with van der Waals surface area (Å²) in [7, 11) is 0. The number of carbonyl (C=O) groups is 2. The highest BCUT2D eigenvalue weighted by Crippen LogP contribution is 2.22. The van der Waals surface area contributed by atoms with Crippen LogP contribution >= 0.6 is 0 Å². The lowest BCUT2D eigenvalue weighted by molar-refractivity contribution is -0.119. The van der Waals surface area contributed by atoms with Crippen molar-refractivity contribution in [2.45, 2.75) is 12.5 Å². The third-order valence-corrected chi connectivity index (χ3v) is 5.45. The summed E-state index contributed by atoms with van der Waals surface area (Å²) in [5.41, 5.74) is 10.2. The number of H-pyrrole nitrogens is 2. The van der Waals surface area contributed by atoms with E-state index in [9.17, 15) is 9.59 Å². The molecule has 1 atom stereocenters. The van der Waals surface area contributed by atoms with E-state index in [1.807, 2.05) is 42.6 Å². The third kappa shape index (κ3) is 3.69. The molecule has 3 heterocycles. The Kier molecular flexibility index (Phi) is 4.87. The number of primary amides is 1. The highest BCUT2D eigenvalue weighted by atomic mass is 16.2. The number of carbonyl (C=O) groups excluding carboxylic acids is 2. The van der Waals surface area contributed by atoms with Gasteiger partial charge in [-0.1, -0.05) is 18.2 Å². The molecule has 0 aliphatic rings. The van der Waals surface area contributed by atoms with Crippen molar-refractivity contribution in [2.24, 2.45) is 5.73 Å². The number of nitrogens with two attached hydrogens (primary N) is 1. The van der Waals surface area contributed by atoms with Crippen LogP contribution in [0.2, 0.25) is 0 Å². The number of amides is 2. The number of imidazole rings is 1. The predicted octanol–water partition coefficient (Wildman–Crippen LogP) is 2.93. The fraction of sp³-hybridized carbons (Fsp3) is 0.0833. The summed E-state index contributed by atoms with van der Waals surface area (Å²) in [6.45, 7) is 0. The number of nitrogens with zero attached hydrogens (tertiary/aromatic N) is 2. The van der Waals surface area contributed by atoms with Crippen molar-refractivity contribution < 1.29 is 9.59 Å². The second-order valence-corrected chi connectivity index (χ2v) is 7.55. The van der Waals surface area contributed by atoms with Crippen LogP contribution in [-0.2, 0) is 11.2 Å². The molecule has 8 nitrogen and oxygen atoms in total. The zero-order valence-electron chi connectivity index (χ0n) is 17.0. The molecular weight excluding hydrogens is 404 g/mol. The lowest BCUT2D eigenvalue weighted by Gasteiger charge is -2.15. The smallest absolute Gasteiger partial charge is 0.252 e. The SMILES string of the molecule is NC(=O)[C@H](Cc1c[nH]c2ccccc12)NC(=O)c1ccc2nc(-c3ccncc3)[nH]c2c1. The molecule has 2 aromatic carbocycles. The van der Waals surface area contributed by atoms with E-state index in [0.717, 1.165) is 33.1 Å². The Morgan fingerprint density at radius 3 is 2.66 bits per heavy atom. The molecular formula is C24H20N6O2. The molecule has 0 spiro atoms. The van der Waals surface area contributed by atoms with Crippen LogP contribution in [0.3, 0.4) is 0 Å². The summed E-state index contributed by atoms with van der Waals surface area (Å²) in [5.74, 6) is -0.281. The molecule has 2 amide bonds. The molecule has 0 saturated carbocycles. The van der Waals surface area contributed by atoms with E-state index in [2.05, 4.69) is 25.3 Å². The summed E-state index contributed by atoms with van der Waals surface area (Å²) in [6, 6.07) is 15.8. The molecule has 5 N–H and O–H groups in total. The van der Waals surface area contributed by atoms with Gasteiger partial charge in [0.2, 0.25) is 5.91 Å². The molecule has 0 aliphatic carbocycles. The van der Waals surface area contributed by atoms with Gasteiger partial charge in [0.05, 0.1) is 11.0 Å². The number of aromatic amines is 2. The average molecular weight is 424 g/mol. The lowest BCUT2D eigenvalue weighted by Crippen LogP contribution is -2.45. The summed E-state index contributed by atoms with van der Waals surface area (Å²) in [5, 5.41) is 3.76. The van der Waals surface area contributed by atoms with Crippen LogP contribution in [0.1, 0.15) is 15.9 Å². The van der Waals surface area contributed by atoms with Gasteiger partial charge in [0.1, 0.15) is 11.9 Å². The minimum Gasteiger partial charge on any atom is -0.368 e. The average Bonchev–Trinajstić information content (AvgIpc) is 3.43. The number of pyridine rings is 1. The van der Waals surface area contributed by atoms with Gasteiger partial charge in [-0.3, -0.25) is 14.6 Å². The first-order valence-corrected chi connectivity index (χ1v) is 10.1. The van der Waals surface area contributed by atoms with E-state index < -0.39 is 11.9 Å². The topological polar surface area (TPSA) is 130 Å². The van der Waals surface area contributed by atoms with Crippen molar-refractivity contribution in [1.29, 1.82) is 0 Å². The van der Waals surface area contributed by atoms with E-state index in [-0.39, 0.29) is 5.91 Å². The first-order valence-electron chi connectivity index (χ1n) is 10.1. The molecule has 0 unspecified atom stereocenters. The van der Waals surface area contributed by atoms with Crippen molar-refractivity contribution in [3.8, 4) is 11.4 Å². The van der Waals surface area contributed by atoms with Crippen LogP contribution in [-0.4, -0.2) is 37.8 Å². The standard InChI is InChI=1S/C24H20N6O2/c25-22(31)21(12-16-13-27-18-4-2-1-3-17(16)18)30-24(32)15-5-6-19-20(11-15)29-23(28-19)14-7-9-26-10-8-14/h1-11,13,21,27H,12H2,(H2,25,31)(H,28,29)(H,30,32)/t21-/m0/s1. The largest absolute Gasteiger partial charge is 0.368 e. The number of hydrogen-bond acceptors (Lipinski definition) is 4. The minimum absolute atomic E-state index is 0.295. The maximum Gasteiger partial charge on any atom is 0.252 e. The molecule has 0 saturated heterocycles. The molecule has 158 valence electrons. The predicted molar refractivity (Wildman–Crippen MR) is 122 cm³/mol. The quantitative estimate of drug-likeness (QED) is 0.334. The normalized spacial score (nSPS) is 12.1. The van der Waals surface area contributed by atoms with E-state index in [0.29, 0.717) is 17.8 Å². The number of aromatic nitrogens is 4. The Balaban J connectivity index is 1.38. The molecule has 8 heteroatoms. The fourth-order valence-corrected chi connectivity index (χ4v) is 3.78. The van der Waals surface area contributed by atoms with E-state index in [1.165, 1.54) is 0 Å². The Bertz CT molecular complexity index is 1440. The Morgan fingerprint density at radius 1 is 1.03 bits per heavy atom. The van der Waals surface area contributed by atoms with Crippen molar-refractivity contribution >= 4 is 33.8 Å². The first-order chi connectivity index (χ1) is 15.6. The number of hydrogen-bond donors (Lipinski definition) is 4. The molecule has 0 radical (unpaired) electrons. The Hall–Kier alpha value is -4.46. The Labute approximate surface area is 182 Å². The van der Waals surface area contributed by atoms with Gasteiger partial charge in [0.15, 0.2) is 0 Å². The van der Waals surface area contributed by atoms with Gasteiger partial charge in [-0.15, -0.1) is 0 Å². The van der Waals surface area contributed by atoms with Gasteiger partial charge in [-0.25, -0.2) is 4.98 Å². The zero-order chi connectivity index (χ0) is 22.1. The van der Waals surface area contributed by atoms with E-state index in [4.69, 9.17) is 5.73 Å². The number of fused-ring (bicyclic) bond motifs is 2. The molecule has 3 aromatic heterocycles. The second-order valence-electron chi connectivity index (χ2n) is 7.55. The number of nitrogens with one attached hydrogen (secondary N) is 3. The highest BCUT2D eigenvalue weighted by molar-refractivity contribution is 6.00. The van der Waals surface area contributed by atoms with Gasteiger partial charge >= 0.3 is 0 Å². The van der Waals surface area contributed by atoms with Crippen LogP contribution < -0.4 is 11.1 Å². The fourth-order valence-electron chi connectivity index (χ4n) is 3.78. The minimum atomic E-state index is -0.841. The molecule has 0 fully saturated rings. The third-order valence-electron chi connectivity index (χ3n) is 5.45. The summed E-state index contributed by atoms with van der Waals surface area (Å²) in [6.07, 6.45) is 5.52. The number of benzene rings is 2. The zero-order valence-corrected chi connectivity index (χ0v) is 17.0. The van der Waals surface area contributed by atoms with E-state index in [1.54, 1.807) is 30.6 Å². The maximum atomic E-state index is 12.9. The summed E-state index contributed by atoms with van der Waals surface area (Å²) in [4.78, 5) is 40.0. The van der Waals surface area contributed by atoms with Crippen molar-refractivity contribution in [3.63, 3.8) is 0 Å². The van der Waals surface area contributed by atoms with Gasteiger partial charge < -0.3 is 21.0 Å². The van der Waals surface area contributed by atoms with Crippen LogP contribution in [0.4, 0.5) is 0 Å². The molecule has 0 bridgehead atoms. The summed E-state index contributed by atoms with van der Waals surface area (Å²) < 4.78 is 0. The molecule has 5 rings (SSSR count). The second kappa shape index (κ2) is 7.99. The van der Waals surface area contributed by atoms with Gasteiger partial charge in [-0.05, 0) is 42.0 Å². The van der Waals surface area contributed by atoms with Gasteiger partial charge in [0, 0.05) is 47.0 Å². The van der Waals surface area contributed by atoms with Crippen molar-refractivity contribution in [1.82, 2.24) is 25.3 Å². The monoisotopic (exact) mass is 424 g/mol. The summed E-state index contributed by atoms with van der Waals surface area (Å²) >= 11 is 0. The van der Waals surface area contributed by atoms with Crippen LogP contribution in [0.15, 0.2) is 73.2 Å². The number of rotatable bonds is 6. The van der Waals surface area contributed by atoms with Crippen LogP contribution in [0.5, 0.6) is 0 Å². The van der Waals surface area contributed by atoms with Crippen LogP contribution in [0.25, 0.3) is 33.3 Å². The maximum absolute atomic E-state index is 12.9. The van der Waals surface area contributed by atoms with E-state index >= 15 is 0 Å². The molecule has 32 heavy (non-hydrogen) atoms. The molecule has 5 aromatic rings. The van der Waals surface area contributed by atoms with Crippen LogP contribution in [0, 0.1) is 0 Å². The van der Waals surface area contributed by atoms with Crippen molar-refractivity contribution in [2.75, 3.05) is 0 Å². The first kappa shape index (κ1) is 19.5. The van der Waals surface area contributed by atoms with Gasteiger partial charge in [0.25, 0.3) is 5.91 Å². The lowest BCUT2D eigenvalue weighted by atomic mass is 10.0. The van der Waals surface area contributed by atoms with Crippen molar-refractivity contribution in [3.05, 3.63) is 84.3 Å².